The van der Waals surface area contributed by atoms with E-state index in [9.17, 15) is 4.39 Å². The predicted octanol–water partition coefficient (Wildman–Crippen LogP) is 3.70. The average Bonchev–Trinajstić information content (AvgIpc) is 2.05. The molecule has 0 bridgehead atoms. The topological polar surface area (TPSA) is 0 Å². The van der Waals surface area contributed by atoms with Gasteiger partial charge in [0.25, 0.3) is 0 Å². The van der Waals surface area contributed by atoms with Gasteiger partial charge in [0, 0.05) is 9.65 Å². The van der Waals surface area contributed by atoms with Gasteiger partial charge in [0.2, 0.25) is 0 Å². The van der Waals surface area contributed by atoms with Crippen LogP contribution in [0.25, 0.3) is 5.83 Å². The highest BCUT2D eigenvalue weighted by Gasteiger charge is 1.96. The first kappa shape index (κ1) is 8.71. The molecule has 0 fully saturated rings. The van der Waals surface area contributed by atoms with E-state index in [-0.39, 0.29) is 5.83 Å². The van der Waals surface area contributed by atoms with Gasteiger partial charge in [-0.15, -0.1) is 0 Å². The summed E-state index contributed by atoms with van der Waals surface area (Å²) in [5.41, 5.74) is 1.79. The van der Waals surface area contributed by atoms with Crippen molar-refractivity contribution in [2.24, 2.45) is 0 Å². The summed E-state index contributed by atoms with van der Waals surface area (Å²) in [5, 5.41) is 0. The van der Waals surface area contributed by atoms with E-state index >= 15 is 0 Å². The SMILES string of the molecule is Cc1ccc(/C(F)=C/I)cc1. The molecule has 11 heavy (non-hydrogen) atoms. The van der Waals surface area contributed by atoms with Gasteiger partial charge >= 0.3 is 0 Å². The Bertz CT molecular complexity index is 261. The maximum Gasteiger partial charge on any atom is 0.136 e. The molecule has 0 aromatic heterocycles. The number of benzene rings is 1. The first-order chi connectivity index (χ1) is 5.24. The van der Waals surface area contributed by atoms with Gasteiger partial charge in [-0.3, -0.25) is 0 Å². The third-order valence-electron chi connectivity index (χ3n) is 1.42. The standard InChI is InChI=1S/C9H8FI/c1-7-2-4-8(5-3-7)9(10)6-11/h2-6H,1H3/b9-6-. The zero-order chi connectivity index (χ0) is 8.27. The van der Waals surface area contributed by atoms with Crippen molar-refractivity contribution in [2.75, 3.05) is 0 Å². The van der Waals surface area contributed by atoms with Crippen LogP contribution in [0.4, 0.5) is 4.39 Å². The average molecular weight is 262 g/mol. The molecule has 0 aliphatic rings. The third kappa shape index (κ3) is 2.29. The van der Waals surface area contributed by atoms with Gasteiger partial charge < -0.3 is 0 Å². The molecule has 0 spiro atoms. The molecule has 58 valence electrons. The van der Waals surface area contributed by atoms with Crippen LogP contribution in [0.2, 0.25) is 0 Å². The summed E-state index contributed by atoms with van der Waals surface area (Å²) >= 11 is 1.89. The van der Waals surface area contributed by atoms with Crippen molar-refractivity contribution in [3.63, 3.8) is 0 Å². The number of rotatable bonds is 1. The van der Waals surface area contributed by atoms with Crippen molar-refractivity contribution in [1.82, 2.24) is 0 Å². The molecule has 0 heterocycles. The fourth-order valence-electron chi connectivity index (χ4n) is 0.776. The monoisotopic (exact) mass is 262 g/mol. The van der Waals surface area contributed by atoms with Gasteiger partial charge in [-0.1, -0.05) is 29.8 Å². The summed E-state index contributed by atoms with van der Waals surface area (Å²) in [6.07, 6.45) is 0. The second kappa shape index (κ2) is 3.85. The summed E-state index contributed by atoms with van der Waals surface area (Å²) in [6.45, 7) is 1.98. The highest BCUT2D eigenvalue weighted by atomic mass is 127. The summed E-state index contributed by atoms with van der Waals surface area (Å²) in [4.78, 5) is 0. The number of aryl methyl sites for hydroxylation is 1. The quantitative estimate of drug-likeness (QED) is 0.677. The number of halogens is 2. The molecule has 0 atom stereocenters. The van der Waals surface area contributed by atoms with E-state index in [0.29, 0.717) is 5.56 Å². The molecule has 0 saturated heterocycles. The smallest absolute Gasteiger partial charge is 0.136 e. The van der Waals surface area contributed by atoms with Crippen molar-refractivity contribution in [3.05, 3.63) is 39.5 Å². The highest BCUT2D eigenvalue weighted by molar-refractivity contribution is 14.1. The maximum atomic E-state index is 12.8. The molecule has 1 rings (SSSR count). The van der Waals surface area contributed by atoms with Crippen LogP contribution in [0.15, 0.2) is 28.3 Å². The Morgan fingerprint density at radius 3 is 2.36 bits per heavy atom. The minimum absolute atomic E-state index is 0.175. The molecule has 0 amide bonds. The van der Waals surface area contributed by atoms with Gasteiger partial charge in [-0.05, 0) is 29.5 Å². The zero-order valence-corrected chi connectivity index (χ0v) is 8.30. The molecule has 1 aromatic carbocycles. The molecule has 0 aliphatic heterocycles. The van der Waals surface area contributed by atoms with Crippen LogP contribution >= 0.6 is 22.6 Å². The fraction of sp³-hybridized carbons (Fsp3) is 0.111. The van der Waals surface area contributed by atoms with Crippen molar-refractivity contribution in [1.29, 1.82) is 0 Å². The van der Waals surface area contributed by atoms with E-state index in [4.69, 9.17) is 0 Å². The normalized spacial score (nSPS) is 11.7. The fourth-order valence-corrected chi connectivity index (χ4v) is 1.14. The minimum atomic E-state index is -0.175. The van der Waals surface area contributed by atoms with Crippen LogP contribution in [0, 0.1) is 6.92 Å². The van der Waals surface area contributed by atoms with Crippen LogP contribution in [0.3, 0.4) is 0 Å². The Balaban J connectivity index is 2.99. The summed E-state index contributed by atoms with van der Waals surface area (Å²) < 4.78 is 14.3. The van der Waals surface area contributed by atoms with Crippen LogP contribution in [-0.4, -0.2) is 0 Å². The van der Waals surface area contributed by atoms with Crippen molar-refractivity contribution in [2.45, 2.75) is 6.92 Å². The number of hydrogen-bond donors (Lipinski definition) is 0. The van der Waals surface area contributed by atoms with Crippen LogP contribution < -0.4 is 0 Å². The van der Waals surface area contributed by atoms with Crippen molar-refractivity contribution >= 4 is 28.4 Å². The van der Waals surface area contributed by atoms with Gasteiger partial charge in [0.15, 0.2) is 0 Å². The maximum absolute atomic E-state index is 12.8. The Labute approximate surface area is 79.3 Å². The van der Waals surface area contributed by atoms with E-state index < -0.39 is 0 Å². The lowest BCUT2D eigenvalue weighted by Crippen LogP contribution is -1.76. The third-order valence-corrected chi connectivity index (χ3v) is 1.97. The lowest BCUT2D eigenvalue weighted by molar-refractivity contribution is 0.763. The minimum Gasteiger partial charge on any atom is -0.206 e. The van der Waals surface area contributed by atoms with E-state index in [1.807, 2.05) is 41.6 Å². The molecular weight excluding hydrogens is 254 g/mol. The second-order valence-corrected chi connectivity index (χ2v) is 2.95. The highest BCUT2D eigenvalue weighted by Crippen LogP contribution is 2.17. The summed E-state index contributed by atoms with van der Waals surface area (Å²) in [6, 6.07) is 7.35. The predicted molar refractivity (Wildman–Crippen MR) is 54.3 cm³/mol. The molecule has 1 aromatic rings. The lowest BCUT2D eigenvalue weighted by atomic mass is 10.1. The Kier molecular flexibility index (Phi) is 3.05. The van der Waals surface area contributed by atoms with Crippen molar-refractivity contribution < 1.29 is 4.39 Å². The Morgan fingerprint density at radius 2 is 1.91 bits per heavy atom. The van der Waals surface area contributed by atoms with E-state index in [2.05, 4.69) is 0 Å². The van der Waals surface area contributed by atoms with Gasteiger partial charge in [0.1, 0.15) is 5.83 Å². The van der Waals surface area contributed by atoms with Gasteiger partial charge in [0.05, 0.1) is 0 Å². The van der Waals surface area contributed by atoms with Gasteiger partial charge in [-0.2, -0.15) is 0 Å². The van der Waals surface area contributed by atoms with Crippen molar-refractivity contribution in [3.8, 4) is 0 Å². The molecule has 0 saturated carbocycles. The first-order valence-corrected chi connectivity index (χ1v) is 4.51. The summed E-state index contributed by atoms with van der Waals surface area (Å²) in [7, 11) is 0. The van der Waals surface area contributed by atoms with Crippen LogP contribution in [0.1, 0.15) is 11.1 Å². The molecule has 0 nitrogen and oxygen atoms in total. The second-order valence-electron chi connectivity index (χ2n) is 2.32. The molecular formula is C9H8FI. The van der Waals surface area contributed by atoms with Crippen LogP contribution in [0.5, 0.6) is 0 Å². The zero-order valence-electron chi connectivity index (χ0n) is 6.14. The Morgan fingerprint density at radius 1 is 1.36 bits per heavy atom. The first-order valence-electron chi connectivity index (χ1n) is 3.27. The molecule has 0 aliphatic carbocycles. The van der Waals surface area contributed by atoms with Gasteiger partial charge in [-0.25, -0.2) is 4.39 Å². The molecule has 0 radical (unpaired) electrons. The van der Waals surface area contributed by atoms with Crippen LogP contribution in [-0.2, 0) is 0 Å². The molecule has 0 N–H and O–H groups in total. The molecule has 0 unspecified atom stereocenters. The largest absolute Gasteiger partial charge is 0.206 e. The van der Waals surface area contributed by atoms with E-state index in [1.54, 1.807) is 12.1 Å². The Hall–Kier alpha value is -0.380. The van der Waals surface area contributed by atoms with E-state index in [1.165, 1.54) is 4.08 Å². The molecule has 2 heteroatoms. The summed E-state index contributed by atoms with van der Waals surface area (Å²) in [5.74, 6) is -0.175. The van der Waals surface area contributed by atoms with E-state index in [0.717, 1.165) is 5.56 Å². The lowest BCUT2D eigenvalue weighted by Gasteiger charge is -1.96. The number of hydrogen-bond acceptors (Lipinski definition) is 0.